The van der Waals surface area contributed by atoms with Crippen LogP contribution in [0.15, 0.2) is 33.5 Å². The fraction of sp³-hybridized carbons (Fsp3) is 0.100. The zero-order valence-electron chi connectivity index (χ0n) is 7.48. The highest BCUT2D eigenvalue weighted by molar-refractivity contribution is 5.87. The SMILES string of the molecule is COc1ccc(O)c2oc(=O)ccc12. The number of phenols is 1. The molecule has 0 aliphatic carbocycles. The molecule has 1 N–H and O–H groups in total. The number of hydrogen-bond acceptors (Lipinski definition) is 4. The summed E-state index contributed by atoms with van der Waals surface area (Å²) in [5.74, 6) is 0.486. The molecule has 1 aromatic carbocycles. The highest BCUT2D eigenvalue weighted by Crippen LogP contribution is 2.30. The van der Waals surface area contributed by atoms with Gasteiger partial charge in [0.05, 0.1) is 12.5 Å². The first-order chi connectivity index (χ1) is 6.72. The third-order valence-electron chi connectivity index (χ3n) is 1.94. The molecule has 2 rings (SSSR count). The molecule has 0 radical (unpaired) electrons. The molecule has 72 valence electrons. The van der Waals surface area contributed by atoms with Gasteiger partial charge >= 0.3 is 5.63 Å². The molecular formula is C10H8O4. The van der Waals surface area contributed by atoms with Crippen LogP contribution in [0.25, 0.3) is 11.0 Å². The van der Waals surface area contributed by atoms with Crippen molar-refractivity contribution in [2.75, 3.05) is 7.11 Å². The van der Waals surface area contributed by atoms with Gasteiger partial charge < -0.3 is 14.3 Å². The molecule has 1 heterocycles. The van der Waals surface area contributed by atoms with Gasteiger partial charge in [-0.25, -0.2) is 4.79 Å². The van der Waals surface area contributed by atoms with Gasteiger partial charge in [0.15, 0.2) is 11.3 Å². The summed E-state index contributed by atoms with van der Waals surface area (Å²) in [5.41, 5.74) is -0.349. The van der Waals surface area contributed by atoms with Crippen LogP contribution in [0, 0.1) is 0 Å². The molecule has 0 atom stereocenters. The van der Waals surface area contributed by atoms with Gasteiger partial charge in [0, 0.05) is 6.07 Å². The van der Waals surface area contributed by atoms with Crippen molar-refractivity contribution in [3.8, 4) is 11.5 Å². The second-order valence-corrected chi connectivity index (χ2v) is 2.78. The minimum Gasteiger partial charge on any atom is -0.504 e. The number of rotatable bonds is 1. The van der Waals surface area contributed by atoms with E-state index in [2.05, 4.69) is 0 Å². The second kappa shape index (κ2) is 3.06. The summed E-state index contributed by atoms with van der Waals surface area (Å²) in [6.07, 6.45) is 0. The summed E-state index contributed by atoms with van der Waals surface area (Å²) in [6.45, 7) is 0. The van der Waals surface area contributed by atoms with Crippen molar-refractivity contribution in [3.05, 3.63) is 34.7 Å². The third-order valence-corrected chi connectivity index (χ3v) is 1.94. The highest BCUT2D eigenvalue weighted by atomic mass is 16.5. The van der Waals surface area contributed by atoms with Gasteiger partial charge in [-0.1, -0.05) is 0 Å². The van der Waals surface area contributed by atoms with Crippen LogP contribution in [0.3, 0.4) is 0 Å². The Bertz CT molecular complexity index is 527. The van der Waals surface area contributed by atoms with Crippen LogP contribution in [-0.4, -0.2) is 12.2 Å². The summed E-state index contributed by atoms with van der Waals surface area (Å²) >= 11 is 0. The lowest BCUT2D eigenvalue weighted by Crippen LogP contribution is -1.95. The number of fused-ring (bicyclic) bond motifs is 1. The predicted octanol–water partition coefficient (Wildman–Crippen LogP) is 1.51. The van der Waals surface area contributed by atoms with Crippen LogP contribution in [-0.2, 0) is 0 Å². The van der Waals surface area contributed by atoms with Gasteiger partial charge in [-0.15, -0.1) is 0 Å². The minimum absolute atomic E-state index is 0.0708. The molecule has 4 nitrogen and oxygen atoms in total. The van der Waals surface area contributed by atoms with Gasteiger partial charge in [0.25, 0.3) is 0 Å². The molecular weight excluding hydrogens is 184 g/mol. The largest absolute Gasteiger partial charge is 0.504 e. The van der Waals surface area contributed by atoms with Crippen LogP contribution in [0.2, 0.25) is 0 Å². The Balaban J connectivity index is 2.91. The summed E-state index contributed by atoms with van der Waals surface area (Å²) in [5, 5.41) is 10.0. The van der Waals surface area contributed by atoms with Gasteiger partial charge in [-0.3, -0.25) is 0 Å². The van der Waals surface area contributed by atoms with Gasteiger partial charge in [-0.05, 0) is 18.2 Å². The molecule has 1 aromatic heterocycles. The van der Waals surface area contributed by atoms with Gasteiger partial charge in [0.1, 0.15) is 5.75 Å². The van der Waals surface area contributed by atoms with Gasteiger partial charge in [-0.2, -0.15) is 0 Å². The molecule has 14 heavy (non-hydrogen) atoms. The third kappa shape index (κ3) is 1.21. The average molecular weight is 192 g/mol. The lowest BCUT2D eigenvalue weighted by molar-refractivity contribution is 0.414. The summed E-state index contributed by atoms with van der Waals surface area (Å²) in [7, 11) is 1.51. The van der Waals surface area contributed by atoms with E-state index in [0.717, 1.165) is 0 Å². The molecule has 0 saturated heterocycles. The maximum Gasteiger partial charge on any atom is 0.336 e. The normalized spacial score (nSPS) is 10.4. The monoisotopic (exact) mass is 192 g/mol. The Morgan fingerprint density at radius 3 is 2.79 bits per heavy atom. The Hall–Kier alpha value is -1.97. The number of methoxy groups -OCH3 is 1. The fourth-order valence-corrected chi connectivity index (χ4v) is 1.30. The van der Waals surface area contributed by atoms with Crippen molar-refractivity contribution in [1.29, 1.82) is 0 Å². The van der Waals surface area contributed by atoms with E-state index < -0.39 is 5.63 Å². The van der Waals surface area contributed by atoms with E-state index in [4.69, 9.17) is 9.15 Å². The highest BCUT2D eigenvalue weighted by Gasteiger charge is 2.07. The first-order valence-corrected chi connectivity index (χ1v) is 4.02. The van der Waals surface area contributed by atoms with Crippen molar-refractivity contribution >= 4 is 11.0 Å². The van der Waals surface area contributed by atoms with Crippen molar-refractivity contribution in [2.45, 2.75) is 0 Å². The molecule has 0 amide bonds. The summed E-state index contributed by atoms with van der Waals surface area (Å²) in [4.78, 5) is 10.9. The molecule has 0 bridgehead atoms. The van der Waals surface area contributed by atoms with Crippen LogP contribution in [0.1, 0.15) is 0 Å². The number of benzene rings is 1. The number of hydrogen-bond donors (Lipinski definition) is 1. The second-order valence-electron chi connectivity index (χ2n) is 2.78. The minimum atomic E-state index is -0.499. The molecule has 4 heteroatoms. The van der Waals surface area contributed by atoms with E-state index in [-0.39, 0.29) is 11.3 Å². The summed E-state index contributed by atoms with van der Waals surface area (Å²) < 4.78 is 9.90. The lowest BCUT2D eigenvalue weighted by Gasteiger charge is -2.04. The van der Waals surface area contributed by atoms with Crippen molar-refractivity contribution in [3.63, 3.8) is 0 Å². The smallest absolute Gasteiger partial charge is 0.336 e. The average Bonchev–Trinajstić information content (AvgIpc) is 2.19. The van der Waals surface area contributed by atoms with E-state index in [1.807, 2.05) is 0 Å². The number of phenolic OH excluding ortho intramolecular Hbond substituents is 1. The van der Waals surface area contributed by atoms with Crippen molar-refractivity contribution < 1.29 is 14.3 Å². The summed E-state index contributed by atoms with van der Waals surface area (Å²) in [6, 6.07) is 5.87. The Kier molecular flexibility index (Phi) is 1.89. The van der Waals surface area contributed by atoms with Gasteiger partial charge in [0.2, 0.25) is 0 Å². The maximum absolute atomic E-state index is 10.9. The molecule has 0 spiro atoms. The first kappa shape index (κ1) is 8.62. The predicted molar refractivity (Wildman–Crippen MR) is 50.7 cm³/mol. The van der Waals surface area contributed by atoms with Crippen LogP contribution < -0.4 is 10.4 Å². The molecule has 0 saturated carbocycles. The van der Waals surface area contributed by atoms with Crippen LogP contribution in [0.5, 0.6) is 11.5 Å². The maximum atomic E-state index is 10.9. The number of ether oxygens (including phenoxy) is 1. The quantitative estimate of drug-likeness (QED) is 0.695. The first-order valence-electron chi connectivity index (χ1n) is 4.02. The topological polar surface area (TPSA) is 59.7 Å². The standard InChI is InChI=1S/C10H8O4/c1-13-8-4-3-7(11)10-6(8)2-5-9(12)14-10/h2-5,11H,1H3. The van der Waals surface area contributed by atoms with E-state index in [1.54, 1.807) is 12.1 Å². The van der Waals surface area contributed by atoms with E-state index in [9.17, 15) is 9.90 Å². The Morgan fingerprint density at radius 1 is 1.29 bits per heavy atom. The molecule has 0 aliphatic heterocycles. The molecule has 0 aliphatic rings. The van der Waals surface area contributed by atoms with Crippen LogP contribution in [0.4, 0.5) is 0 Å². The Morgan fingerprint density at radius 2 is 2.07 bits per heavy atom. The fourth-order valence-electron chi connectivity index (χ4n) is 1.30. The van der Waals surface area contributed by atoms with Crippen LogP contribution >= 0.6 is 0 Å². The number of aromatic hydroxyl groups is 1. The zero-order valence-corrected chi connectivity index (χ0v) is 7.48. The van der Waals surface area contributed by atoms with E-state index in [1.165, 1.54) is 19.2 Å². The molecule has 2 aromatic rings. The van der Waals surface area contributed by atoms with Crippen molar-refractivity contribution in [2.24, 2.45) is 0 Å². The Labute approximate surface area is 79.4 Å². The molecule has 0 unspecified atom stereocenters. The van der Waals surface area contributed by atoms with E-state index in [0.29, 0.717) is 11.1 Å². The van der Waals surface area contributed by atoms with E-state index >= 15 is 0 Å². The lowest BCUT2D eigenvalue weighted by atomic mass is 10.2. The molecule has 0 fully saturated rings. The zero-order chi connectivity index (χ0) is 10.1. The van der Waals surface area contributed by atoms with Crippen molar-refractivity contribution in [1.82, 2.24) is 0 Å².